The van der Waals surface area contributed by atoms with Crippen molar-refractivity contribution in [2.24, 2.45) is 4.99 Å². The van der Waals surface area contributed by atoms with Crippen LogP contribution < -0.4 is 19.6 Å². The van der Waals surface area contributed by atoms with Crippen molar-refractivity contribution in [3.05, 3.63) is 125 Å². The van der Waals surface area contributed by atoms with Crippen LogP contribution in [0.4, 0.5) is 5.69 Å². The number of aromatic nitrogens is 1. The highest BCUT2D eigenvalue weighted by Gasteiger charge is 2.36. The number of non-ortho nitro benzene ring substituents is 1. The zero-order chi connectivity index (χ0) is 31.1. The Morgan fingerprint density at radius 3 is 2.66 bits per heavy atom. The molecule has 0 radical (unpaired) electrons. The first-order chi connectivity index (χ1) is 21.2. The van der Waals surface area contributed by atoms with Crippen LogP contribution in [0.25, 0.3) is 28.2 Å². The summed E-state index contributed by atoms with van der Waals surface area (Å²) < 4.78 is 19.2. The average Bonchev–Trinajstić information content (AvgIpc) is 3.59. The first-order valence-corrected chi connectivity index (χ1v) is 14.6. The van der Waals surface area contributed by atoms with Gasteiger partial charge >= 0.3 is 5.97 Å². The molecule has 11 heteroatoms. The molecular formula is C33H27N3O7S. The number of furan rings is 1. The lowest BCUT2D eigenvalue weighted by Gasteiger charge is -2.27. The van der Waals surface area contributed by atoms with Crippen molar-refractivity contribution in [2.45, 2.75) is 26.8 Å². The van der Waals surface area contributed by atoms with Crippen molar-refractivity contribution in [3.8, 4) is 17.1 Å². The number of allylic oxidation sites excluding steroid dienone is 1. The van der Waals surface area contributed by atoms with Crippen LogP contribution in [-0.4, -0.2) is 29.2 Å². The van der Waals surface area contributed by atoms with E-state index in [2.05, 4.69) is 4.99 Å². The van der Waals surface area contributed by atoms with E-state index < -0.39 is 16.9 Å². The fourth-order valence-electron chi connectivity index (χ4n) is 5.54. The normalized spacial score (nSPS) is 14.8. The summed E-state index contributed by atoms with van der Waals surface area (Å²) in [5, 5.41) is 12.9. The smallest absolute Gasteiger partial charge is 0.338 e. The van der Waals surface area contributed by atoms with Gasteiger partial charge in [-0.2, -0.15) is 0 Å². The number of thiazole rings is 1. The van der Waals surface area contributed by atoms with E-state index in [-0.39, 0.29) is 23.4 Å². The SMILES string of the molecule is CCOC(=O)C1=C(C)N=c2s/c(=C/c3ccc(-c4ccc([N+](=O)[O-])cc4C)o3)c(=O)n2[C@@H]1c1c(OC)ccc2ccccc12. The van der Waals surface area contributed by atoms with E-state index in [1.165, 1.54) is 28.0 Å². The quantitative estimate of drug-likeness (QED) is 0.137. The van der Waals surface area contributed by atoms with Crippen LogP contribution in [0.3, 0.4) is 0 Å². The minimum Gasteiger partial charge on any atom is -0.496 e. The molecule has 0 bridgehead atoms. The molecule has 1 aliphatic rings. The maximum Gasteiger partial charge on any atom is 0.338 e. The molecule has 10 nitrogen and oxygen atoms in total. The average molecular weight is 610 g/mol. The molecule has 1 atom stereocenters. The molecule has 0 N–H and O–H groups in total. The van der Waals surface area contributed by atoms with E-state index in [1.54, 1.807) is 52.2 Å². The van der Waals surface area contributed by atoms with E-state index in [4.69, 9.17) is 13.9 Å². The number of esters is 1. The molecular weight excluding hydrogens is 582 g/mol. The molecule has 0 fully saturated rings. The van der Waals surface area contributed by atoms with Crippen LogP contribution in [-0.2, 0) is 9.53 Å². The second-order valence-corrected chi connectivity index (χ2v) is 11.2. The Morgan fingerprint density at radius 2 is 1.93 bits per heavy atom. The molecule has 44 heavy (non-hydrogen) atoms. The maximum absolute atomic E-state index is 14.2. The Hall–Kier alpha value is -5.29. The Balaban J connectivity index is 1.53. The fraction of sp³-hybridized carbons (Fsp3) is 0.182. The summed E-state index contributed by atoms with van der Waals surface area (Å²) in [5.74, 6) is 0.893. The zero-order valence-electron chi connectivity index (χ0n) is 24.3. The highest BCUT2D eigenvalue weighted by molar-refractivity contribution is 7.07. The lowest BCUT2D eigenvalue weighted by atomic mass is 9.90. The first-order valence-electron chi connectivity index (χ1n) is 13.8. The molecule has 6 rings (SSSR count). The van der Waals surface area contributed by atoms with Gasteiger partial charge in [0, 0.05) is 29.3 Å². The third-order valence-electron chi connectivity index (χ3n) is 7.53. The fourth-order valence-corrected chi connectivity index (χ4v) is 6.57. The summed E-state index contributed by atoms with van der Waals surface area (Å²) in [5.41, 5.74) is 2.39. The number of ether oxygens (including phenoxy) is 2. The van der Waals surface area contributed by atoms with Gasteiger partial charge in [0.1, 0.15) is 23.3 Å². The molecule has 0 unspecified atom stereocenters. The van der Waals surface area contributed by atoms with Crippen LogP contribution in [0.2, 0.25) is 0 Å². The molecule has 0 saturated heterocycles. The standard InChI is InChI=1S/C33H27N3O7S/c1-5-42-32(38)28-19(3)34-33-35(30(28)29-24-9-7-6-8-20(24)10-14-26(29)41-4)31(37)27(44-33)17-22-12-15-25(43-22)23-13-11-21(36(39)40)16-18(23)2/h6-17,30H,5H2,1-4H3/b27-17+/t30-/m0/s1. The third-order valence-corrected chi connectivity index (χ3v) is 8.51. The Morgan fingerprint density at radius 1 is 1.14 bits per heavy atom. The summed E-state index contributed by atoms with van der Waals surface area (Å²) in [7, 11) is 1.55. The van der Waals surface area contributed by atoms with Crippen molar-refractivity contribution in [1.29, 1.82) is 0 Å². The van der Waals surface area contributed by atoms with Gasteiger partial charge in [-0.05, 0) is 61.4 Å². The largest absolute Gasteiger partial charge is 0.496 e. The molecule has 1 aliphatic heterocycles. The van der Waals surface area contributed by atoms with Gasteiger partial charge < -0.3 is 13.9 Å². The number of hydrogen-bond donors (Lipinski definition) is 0. The van der Waals surface area contributed by atoms with Crippen LogP contribution in [0.1, 0.15) is 36.8 Å². The highest BCUT2D eigenvalue weighted by Crippen LogP contribution is 2.40. The zero-order valence-corrected chi connectivity index (χ0v) is 25.1. The summed E-state index contributed by atoms with van der Waals surface area (Å²) in [6.07, 6.45) is 1.63. The highest BCUT2D eigenvalue weighted by atomic mass is 32.1. The van der Waals surface area contributed by atoms with Gasteiger partial charge in [-0.25, -0.2) is 9.79 Å². The van der Waals surface area contributed by atoms with Crippen LogP contribution >= 0.6 is 11.3 Å². The number of nitro groups is 1. The molecule has 222 valence electrons. The summed E-state index contributed by atoms with van der Waals surface area (Å²) in [6.45, 7) is 5.40. The lowest BCUT2D eigenvalue weighted by Crippen LogP contribution is -2.40. The second-order valence-electron chi connectivity index (χ2n) is 10.2. The second kappa shape index (κ2) is 11.4. The van der Waals surface area contributed by atoms with Crippen molar-refractivity contribution in [3.63, 3.8) is 0 Å². The van der Waals surface area contributed by atoms with Crippen molar-refractivity contribution in [1.82, 2.24) is 4.57 Å². The van der Waals surface area contributed by atoms with Crippen molar-refractivity contribution in [2.75, 3.05) is 13.7 Å². The molecule has 5 aromatic rings. The van der Waals surface area contributed by atoms with Crippen molar-refractivity contribution < 1.29 is 23.6 Å². The first kappa shape index (κ1) is 28.8. The van der Waals surface area contributed by atoms with Gasteiger partial charge in [0.2, 0.25) is 0 Å². The molecule has 0 aliphatic carbocycles. The van der Waals surface area contributed by atoms with E-state index in [0.29, 0.717) is 49.0 Å². The van der Waals surface area contributed by atoms with Gasteiger partial charge in [-0.1, -0.05) is 41.7 Å². The predicted molar refractivity (Wildman–Crippen MR) is 166 cm³/mol. The van der Waals surface area contributed by atoms with E-state index in [9.17, 15) is 19.7 Å². The molecule has 2 aromatic heterocycles. The molecule has 0 spiro atoms. The predicted octanol–water partition coefficient (Wildman–Crippen LogP) is 5.44. The van der Waals surface area contributed by atoms with E-state index in [1.807, 2.05) is 36.4 Å². The number of methoxy groups -OCH3 is 1. The minimum absolute atomic E-state index is 0.00556. The lowest BCUT2D eigenvalue weighted by molar-refractivity contribution is -0.384. The molecule has 3 aromatic carbocycles. The number of carbonyl (C=O) groups excluding carboxylic acids is 1. The van der Waals surface area contributed by atoms with Gasteiger partial charge in [-0.15, -0.1) is 0 Å². The van der Waals surface area contributed by atoms with Gasteiger partial charge in [0.25, 0.3) is 11.2 Å². The van der Waals surface area contributed by atoms with Gasteiger partial charge in [-0.3, -0.25) is 19.5 Å². The molecule has 0 amide bonds. The number of nitro benzene ring substituents is 1. The van der Waals surface area contributed by atoms with Gasteiger partial charge in [0.05, 0.1) is 34.4 Å². The third kappa shape index (κ3) is 4.90. The monoisotopic (exact) mass is 609 g/mol. The number of aryl methyl sites for hydroxylation is 1. The van der Waals surface area contributed by atoms with E-state index >= 15 is 0 Å². The number of hydrogen-bond acceptors (Lipinski definition) is 9. The van der Waals surface area contributed by atoms with Crippen molar-refractivity contribution >= 4 is 39.8 Å². The number of fused-ring (bicyclic) bond motifs is 2. The summed E-state index contributed by atoms with van der Waals surface area (Å²) in [6, 6.07) is 18.7. The minimum atomic E-state index is -0.858. The Kier molecular flexibility index (Phi) is 7.48. The number of carbonyl (C=O) groups is 1. The summed E-state index contributed by atoms with van der Waals surface area (Å²) >= 11 is 1.18. The van der Waals surface area contributed by atoms with Crippen LogP contribution in [0.15, 0.2) is 92.2 Å². The number of nitrogens with zero attached hydrogens (tertiary/aromatic N) is 3. The number of benzene rings is 3. The Bertz CT molecular complexity index is 2190. The summed E-state index contributed by atoms with van der Waals surface area (Å²) in [4.78, 5) is 43.4. The van der Waals surface area contributed by atoms with E-state index in [0.717, 1.165) is 10.8 Å². The van der Waals surface area contributed by atoms with Crippen LogP contribution in [0, 0.1) is 17.0 Å². The van der Waals surface area contributed by atoms with Gasteiger partial charge in [0.15, 0.2) is 4.80 Å². The molecule has 0 saturated carbocycles. The molecule has 3 heterocycles. The Labute approximate surface area is 255 Å². The number of rotatable bonds is 7. The van der Waals surface area contributed by atoms with Crippen LogP contribution in [0.5, 0.6) is 5.75 Å². The topological polar surface area (TPSA) is 126 Å². The maximum atomic E-state index is 14.2.